The molecule has 0 radical (unpaired) electrons. The largest absolute Gasteiger partial charge is 0.294 e. The molecule has 1 aromatic rings. The summed E-state index contributed by atoms with van der Waals surface area (Å²) in [6.07, 6.45) is 16.3. The average molecular weight is 447 g/mol. The van der Waals surface area contributed by atoms with Crippen molar-refractivity contribution < 1.29 is 0 Å². The number of rotatable bonds is 6. The van der Waals surface area contributed by atoms with Gasteiger partial charge in [0.25, 0.3) is 0 Å². The van der Waals surface area contributed by atoms with Crippen molar-refractivity contribution in [2.45, 2.75) is 89.9 Å². The summed E-state index contributed by atoms with van der Waals surface area (Å²) in [6, 6.07) is 4.38. The van der Waals surface area contributed by atoms with Crippen molar-refractivity contribution in [2.75, 3.05) is 6.54 Å². The second-order valence-electron chi connectivity index (χ2n) is 11.0. The zero-order valence-electron chi connectivity index (χ0n) is 18.5. The topological polar surface area (TPSA) is 12.4 Å². The third-order valence-electron chi connectivity index (χ3n) is 8.80. The molecule has 5 aliphatic rings. The zero-order chi connectivity index (χ0) is 20.7. The van der Waals surface area contributed by atoms with Gasteiger partial charge in [-0.15, -0.1) is 0 Å². The summed E-state index contributed by atoms with van der Waals surface area (Å²) in [5.41, 5.74) is 3.69. The Morgan fingerprint density at radius 3 is 2.10 bits per heavy atom. The molecule has 0 aliphatic heterocycles. The van der Waals surface area contributed by atoms with Crippen LogP contribution in [0.15, 0.2) is 17.1 Å². The molecule has 5 aliphatic carbocycles. The fourth-order valence-corrected chi connectivity index (χ4v) is 8.50. The van der Waals surface area contributed by atoms with E-state index in [2.05, 4.69) is 19.1 Å². The van der Waals surface area contributed by atoms with E-state index in [1.165, 1.54) is 87.5 Å². The van der Waals surface area contributed by atoms with Gasteiger partial charge in [-0.05, 0) is 104 Å². The summed E-state index contributed by atoms with van der Waals surface area (Å²) >= 11 is 13.8. The molecule has 30 heavy (non-hydrogen) atoms. The number of nitrogens with zero attached hydrogens (tertiary/aromatic N) is 1. The molecule has 6 rings (SSSR count). The molecule has 0 spiro atoms. The molecule has 4 bridgehead atoms. The molecule has 5 saturated carbocycles. The van der Waals surface area contributed by atoms with Crippen molar-refractivity contribution >= 4 is 28.9 Å². The van der Waals surface area contributed by atoms with Crippen LogP contribution in [0.3, 0.4) is 0 Å². The lowest BCUT2D eigenvalue weighted by Gasteiger charge is -2.55. The first-order valence-electron chi connectivity index (χ1n) is 12.5. The fourth-order valence-electron chi connectivity index (χ4n) is 7.72. The minimum absolute atomic E-state index is 0.595. The number of benzene rings is 1. The summed E-state index contributed by atoms with van der Waals surface area (Å²) in [4.78, 5) is 4.88. The molecule has 164 valence electrons. The SMILES string of the molecule is CC(Cc1cc(Cl)c(C2C3CC4CC(C3)CC2C4)c(Cl)c1)=NCCC1CCCCC1. The standard InChI is InChI=1S/C27H37Cl2N/c1-17(30-8-7-18-5-3-2-4-6-18)9-19-15-24(28)27(25(29)16-19)26-22-11-20-10-21(13-22)14-23(26)12-20/h15-16,18,20-23,26H,2-14H2,1H3. The van der Waals surface area contributed by atoms with E-state index in [1.54, 1.807) is 0 Å². The predicted octanol–water partition coefficient (Wildman–Crippen LogP) is 8.51. The first-order chi connectivity index (χ1) is 14.6. The lowest BCUT2D eigenvalue weighted by Crippen LogP contribution is -2.43. The first kappa shape index (κ1) is 21.3. The van der Waals surface area contributed by atoms with Crippen LogP contribution in [0.25, 0.3) is 0 Å². The van der Waals surface area contributed by atoms with Gasteiger partial charge in [0.05, 0.1) is 0 Å². The maximum absolute atomic E-state index is 6.89. The lowest BCUT2D eigenvalue weighted by atomic mass is 9.50. The van der Waals surface area contributed by atoms with Gasteiger partial charge >= 0.3 is 0 Å². The lowest BCUT2D eigenvalue weighted by molar-refractivity contribution is -0.00272. The highest BCUT2D eigenvalue weighted by Crippen LogP contribution is 2.61. The number of hydrogen-bond acceptors (Lipinski definition) is 1. The Hall–Kier alpha value is -0.530. The van der Waals surface area contributed by atoms with Crippen molar-refractivity contribution in [3.8, 4) is 0 Å². The Morgan fingerprint density at radius 1 is 0.900 bits per heavy atom. The monoisotopic (exact) mass is 445 g/mol. The maximum Gasteiger partial charge on any atom is 0.0458 e. The highest BCUT2D eigenvalue weighted by molar-refractivity contribution is 6.36. The molecular weight excluding hydrogens is 409 g/mol. The van der Waals surface area contributed by atoms with Gasteiger partial charge in [0.15, 0.2) is 0 Å². The first-order valence-corrected chi connectivity index (χ1v) is 13.3. The normalized spacial score (nSPS) is 34.0. The van der Waals surface area contributed by atoms with E-state index in [-0.39, 0.29) is 0 Å². The van der Waals surface area contributed by atoms with E-state index in [9.17, 15) is 0 Å². The van der Waals surface area contributed by atoms with Gasteiger partial charge < -0.3 is 0 Å². The van der Waals surface area contributed by atoms with Gasteiger partial charge in [-0.1, -0.05) is 55.3 Å². The van der Waals surface area contributed by atoms with Gasteiger partial charge in [-0.2, -0.15) is 0 Å². The molecule has 0 saturated heterocycles. The van der Waals surface area contributed by atoms with Crippen LogP contribution in [-0.2, 0) is 6.42 Å². The number of halogens is 2. The quantitative estimate of drug-likeness (QED) is 0.388. The molecule has 0 amide bonds. The van der Waals surface area contributed by atoms with Crippen LogP contribution in [0.1, 0.15) is 94.6 Å². The van der Waals surface area contributed by atoms with Crippen LogP contribution in [-0.4, -0.2) is 12.3 Å². The summed E-state index contributed by atoms with van der Waals surface area (Å²) in [5.74, 6) is 5.08. The van der Waals surface area contributed by atoms with Crippen LogP contribution >= 0.6 is 23.2 Å². The Morgan fingerprint density at radius 2 is 1.50 bits per heavy atom. The van der Waals surface area contributed by atoms with Crippen molar-refractivity contribution in [3.05, 3.63) is 33.3 Å². The van der Waals surface area contributed by atoms with Crippen molar-refractivity contribution in [1.82, 2.24) is 0 Å². The van der Waals surface area contributed by atoms with E-state index in [4.69, 9.17) is 28.2 Å². The molecule has 1 nitrogen and oxygen atoms in total. The van der Waals surface area contributed by atoms with Crippen LogP contribution in [0.5, 0.6) is 0 Å². The summed E-state index contributed by atoms with van der Waals surface area (Å²) in [7, 11) is 0. The summed E-state index contributed by atoms with van der Waals surface area (Å²) in [5, 5.41) is 1.81. The van der Waals surface area contributed by atoms with E-state index in [1.807, 2.05) is 0 Å². The van der Waals surface area contributed by atoms with E-state index in [0.29, 0.717) is 5.92 Å². The highest BCUT2D eigenvalue weighted by Gasteiger charge is 2.49. The van der Waals surface area contributed by atoms with Gasteiger partial charge in [0.1, 0.15) is 0 Å². The van der Waals surface area contributed by atoms with Crippen molar-refractivity contribution in [3.63, 3.8) is 0 Å². The van der Waals surface area contributed by atoms with Crippen molar-refractivity contribution in [1.29, 1.82) is 0 Å². The van der Waals surface area contributed by atoms with Crippen LogP contribution < -0.4 is 0 Å². The molecule has 0 aromatic heterocycles. The average Bonchev–Trinajstić information content (AvgIpc) is 2.70. The molecular formula is C27H37Cl2N. The minimum atomic E-state index is 0.595. The molecule has 1 aromatic carbocycles. The summed E-state index contributed by atoms with van der Waals surface area (Å²) < 4.78 is 0. The number of hydrogen-bond donors (Lipinski definition) is 0. The molecule has 0 atom stereocenters. The predicted molar refractivity (Wildman–Crippen MR) is 129 cm³/mol. The third kappa shape index (κ3) is 4.49. The smallest absolute Gasteiger partial charge is 0.0458 e. The fraction of sp³-hybridized carbons (Fsp3) is 0.741. The highest BCUT2D eigenvalue weighted by atomic mass is 35.5. The van der Waals surface area contributed by atoms with Crippen LogP contribution in [0.2, 0.25) is 10.0 Å². The third-order valence-corrected chi connectivity index (χ3v) is 9.43. The molecule has 5 fully saturated rings. The second-order valence-corrected chi connectivity index (χ2v) is 11.8. The van der Waals surface area contributed by atoms with E-state index >= 15 is 0 Å². The van der Waals surface area contributed by atoms with E-state index < -0.39 is 0 Å². The van der Waals surface area contributed by atoms with Gasteiger partial charge in [-0.3, -0.25) is 4.99 Å². The van der Waals surface area contributed by atoms with E-state index in [0.717, 1.165) is 52.6 Å². The molecule has 3 heteroatoms. The summed E-state index contributed by atoms with van der Waals surface area (Å²) in [6.45, 7) is 3.14. The van der Waals surface area contributed by atoms with Gasteiger partial charge in [0.2, 0.25) is 0 Å². The Balaban J connectivity index is 1.25. The maximum atomic E-state index is 6.89. The Kier molecular flexibility index (Phi) is 6.50. The van der Waals surface area contributed by atoms with Gasteiger partial charge in [-0.25, -0.2) is 0 Å². The van der Waals surface area contributed by atoms with Crippen LogP contribution in [0.4, 0.5) is 0 Å². The zero-order valence-corrected chi connectivity index (χ0v) is 20.0. The number of aliphatic imine (C=N–C) groups is 1. The van der Waals surface area contributed by atoms with Gasteiger partial charge in [0, 0.05) is 28.7 Å². The second kappa shape index (κ2) is 9.14. The van der Waals surface area contributed by atoms with Crippen LogP contribution in [0, 0.1) is 29.6 Å². The Labute approximate surface area is 193 Å². The molecule has 0 N–H and O–H groups in total. The van der Waals surface area contributed by atoms with Crippen molar-refractivity contribution in [2.24, 2.45) is 34.6 Å². The molecule has 0 heterocycles. The minimum Gasteiger partial charge on any atom is -0.294 e. The Bertz CT molecular complexity index is 741. The molecule has 0 unspecified atom stereocenters.